The number of carbonyl (C=O) groups is 1. The second kappa shape index (κ2) is 9.46. The minimum atomic E-state index is -4.45. The molecule has 2 aromatic heterocycles. The summed E-state index contributed by atoms with van der Waals surface area (Å²) >= 11 is 0. The first kappa shape index (κ1) is 23.0. The molecule has 8 heteroatoms. The van der Waals surface area contributed by atoms with Crippen LogP contribution >= 0.6 is 0 Å². The van der Waals surface area contributed by atoms with Gasteiger partial charge in [0.15, 0.2) is 0 Å². The average molecular weight is 477 g/mol. The molecule has 0 radical (unpaired) electrons. The van der Waals surface area contributed by atoms with E-state index in [4.69, 9.17) is 0 Å². The van der Waals surface area contributed by atoms with Gasteiger partial charge in [0, 0.05) is 17.5 Å². The molecule has 0 saturated carbocycles. The standard InChI is InChI=1S/C27H23F3N4O/c28-27(29,30)20-8-3-7-19(16-20)22-10-4-6-18-12-13-23(32-25(18)22)26(35)33-24-11-5-9-21(31-24)17-34-14-1-2-15-34/h3-13,16H,1-2,14-15,17H2,(H,31,33,35). The van der Waals surface area contributed by atoms with E-state index in [2.05, 4.69) is 20.2 Å². The van der Waals surface area contributed by atoms with Crippen molar-refractivity contribution in [3.05, 3.63) is 89.7 Å². The third-order valence-corrected chi connectivity index (χ3v) is 6.09. The Hall–Kier alpha value is -3.78. The third kappa shape index (κ3) is 5.17. The number of hydrogen-bond acceptors (Lipinski definition) is 4. The van der Waals surface area contributed by atoms with E-state index < -0.39 is 17.6 Å². The molecule has 4 aromatic rings. The largest absolute Gasteiger partial charge is 0.416 e. The van der Waals surface area contributed by atoms with Crippen LogP contribution in [0.1, 0.15) is 34.6 Å². The Bertz CT molecular complexity index is 1380. The number of alkyl halides is 3. The Morgan fingerprint density at radius 3 is 2.49 bits per heavy atom. The van der Waals surface area contributed by atoms with Crippen LogP contribution in [0.15, 0.2) is 72.8 Å². The Morgan fingerprint density at radius 2 is 1.69 bits per heavy atom. The SMILES string of the molecule is O=C(Nc1cccc(CN2CCCC2)n1)c1ccc2cccc(-c3cccc(C(F)(F)F)c3)c2n1. The number of aromatic nitrogens is 2. The third-order valence-electron chi connectivity index (χ3n) is 6.09. The maximum Gasteiger partial charge on any atom is 0.416 e. The summed E-state index contributed by atoms with van der Waals surface area (Å²) in [5.41, 5.74) is 1.66. The number of rotatable bonds is 5. The summed E-state index contributed by atoms with van der Waals surface area (Å²) in [5, 5.41) is 3.52. The molecule has 3 heterocycles. The van der Waals surface area contributed by atoms with Crippen LogP contribution in [0.4, 0.5) is 19.0 Å². The van der Waals surface area contributed by atoms with Gasteiger partial charge in [0.2, 0.25) is 0 Å². The van der Waals surface area contributed by atoms with Crippen LogP contribution in [0.25, 0.3) is 22.0 Å². The number of likely N-dealkylation sites (tertiary alicyclic amines) is 1. The smallest absolute Gasteiger partial charge is 0.305 e. The van der Waals surface area contributed by atoms with E-state index in [9.17, 15) is 18.0 Å². The highest BCUT2D eigenvalue weighted by molar-refractivity contribution is 6.04. The van der Waals surface area contributed by atoms with Crippen molar-refractivity contribution >= 4 is 22.6 Å². The number of halogens is 3. The van der Waals surface area contributed by atoms with Gasteiger partial charge in [-0.1, -0.05) is 42.5 Å². The van der Waals surface area contributed by atoms with Crippen molar-refractivity contribution < 1.29 is 18.0 Å². The molecule has 178 valence electrons. The predicted octanol–water partition coefficient (Wildman–Crippen LogP) is 6.16. The van der Waals surface area contributed by atoms with Crippen LogP contribution in [0.2, 0.25) is 0 Å². The lowest BCUT2D eigenvalue weighted by Crippen LogP contribution is -2.20. The second-order valence-corrected chi connectivity index (χ2v) is 8.60. The quantitative estimate of drug-likeness (QED) is 0.375. The summed E-state index contributed by atoms with van der Waals surface area (Å²) in [6.07, 6.45) is -2.07. The predicted molar refractivity (Wildman–Crippen MR) is 129 cm³/mol. The molecule has 1 N–H and O–H groups in total. The summed E-state index contributed by atoms with van der Waals surface area (Å²) in [4.78, 5) is 24.4. The topological polar surface area (TPSA) is 58.1 Å². The summed E-state index contributed by atoms with van der Waals surface area (Å²) < 4.78 is 39.7. The lowest BCUT2D eigenvalue weighted by molar-refractivity contribution is -0.137. The maximum atomic E-state index is 13.2. The zero-order chi connectivity index (χ0) is 24.4. The number of fused-ring (bicyclic) bond motifs is 1. The van der Waals surface area contributed by atoms with Gasteiger partial charge in [0.05, 0.1) is 16.8 Å². The van der Waals surface area contributed by atoms with Crippen LogP contribution in [0.5, 0.6) is 0 Å². The van der Waals surface area contributed by atoms with E-state index in [0.29, 0.717) is 22.5 Å². The summed E-state index contributed by atoms with van der Waals surface area (Å²) in [7, 11) is 0. The first-order valence-electron chi connectivity index (χ1n) is 11.4. The van der Waals surface area contributed by atoms with E-state index in [1.165, 1.54) is 18.9 Å². The Labute approximate surface area is 200 Å². The fourth-order valence-corrected chi connectivity index (χ4v) is 4.36. The Kier molecular flexibility index (Phi) is 6.21. The summed E-state index contributed by atoms with van der Waals surface area (Å²) in [6.45, 7) is 2.83. The van der Waals surface area contributed by atoms with E-state index in [1.807, 2.05) is 18.2 Å². The number of carbonyl (C=O) groups excluding carboxylic acids is 1. The number of para-hydroxylation sites is 1. The van der Waals surface area contributed by atoms with Crippen molar-refractivity contribution in [2.75, 3.05) is 18.4 Å². The highest BCUT2D eigenvalue weighted by Gasteiger charge is 2.30. The van der Waals surface area contributed by atoms with Crippen molar-refractivity contribution in [2.24, 2.45) is 0 Å². The fraction of sp³-hybridized carbons (Fsp3) is 0.222. The molecule has 0 aliphatic carbocycles. The molecule has 0 bridgehead atoms. The average Bonchev–Trinajstić information content (AvgIpc) is 3.36. The van der Waals surface area contributed by atoms with Crippen molar-refractivity contribution in [2.45, 2.75) is 25.6 Å². The van der Waals surface area contributed by atoms with Gasteiger partial charge in [0.25, 0.3) is 5.91 Å². The number of pyridine rings is 2. The molecule has 0 spiro atoms. The zero-order valence-corrected chi connectivity index (χ0v) is 18.8. The molecule has 5 nitrogen and oxygen atoms in total. The van der Waals surface area contributed by atoms with Crippen LogP contribution < -0.4 is 5.32 Å². The number of benzene rings is 2. The normalized spacial score (nSPS) is 14.4. The van der Waals surface area contributed by atoms with Crippen LogP contribution in [0.3, 0.4) is 0 Å². The lowest BCUT2D eigenvalue weighted by Gasteiger charge is -2.14. The number of hydrogen-bond donors (Lipinski definition) is 1. The molecule has 0 unspecified atom stereocenters. The summed E-state index contributed by atoms with van der Waals surface area (Å²) in [5.74, 6) is -0.00340. The Balaban J connectivity index is 1.42. The number of nitrogens with one attached hydrogen (secondary N) is 1. The Morgan fingerprint density at radius 1 is 0.914 bits per heavy atom. The molecule has 1 fully saturated rings. The maximum absolute atomic E-state index is 13.2. The van der Waals surface area contributed by atoms with Gasteiger partial charge in [-0.3, -0.25) is 9.69 Å². The van der Waals surface area contributed by atoms with E-state index in [-0.39, 0.29) is 5.69 Å². The van der Waals surface area contributed by atoms with Gasteiger partial charge < -0.3 is 5.32 Å². The van der Waals surface area contributed by atoms with E-state index in [1.54, 1.807) is 36.4 Å². The van der Waals surface area contributed by atoms with Crippen molar-refractivity contribution in [1.29, 1.82) is 0 Å². The first-order valence-corrected chi connectivity index (χ1v) is 11.4. The molecule has 1 amide bonds. The molecule has 35 heavy (non-hydrogen) atoms. The molecule has 1 saturated heterocycles. The van der Waals surface area contributed by atoms with Gasteiger partial charge in [-0.05, 0) is 61.8 Å². The molecule has 1 aliphatic rings. The van der Waals surface area contributed by atoms with Gasteiger partial charge in [-0.25, -0.2) is 9.97 Å². The van der Waals surface area contributed by atoms with E-state index in [0.717, 1.165) is 42.8 Å². The first-order chi connectivity index (χ1) is 16.9. The van der Waals surface area contributed by atoms with Crippen LogP contribution in [-0.4, -0.2) is 33.9 Å². The minimum absolute atomic E-state index is 0.156. The van der Waals surface area contributed by atoms with Gasteiger partial charge >= 0.3 is 6.18 Å². The highest BCUT2D eigenvalue weighted by Crippen LogP contribution is 2.34. The van der Waals surface area contributed by atoms with Crippen LogP contribution in [0, 0.1) is 0 Å². The van der Waals surface area contributed by atoms with Gasteiger partial charge in [-0.15, -0.1) is 0 Å². The lowest BCUT2D eigenvalue weighted by atomic mass is 9.99. The van der Waals surface area contributed by atoms with Crippen molar-refractivity contribution in [1.82, 2.24) is 14.9 Å². The number of anilines is 1. The molecular weight excluding hydrogens is 453 g/mol. The van der Waals surface area contributed by atoms with Crippen molar-refractivity contribution in [3.8, 4) is 11.1 Å². The minimum Gasteiger partial charge on any atom is -0.305 e. The summed E-state index contributed by atoms with van der Waals surface area (Å²) in [6, 6.07) is 19.2. The van der Waals surface area contributed by atoms with Gasteiger partial charge in [0.1, 0.15) is 11.5 Å². The second-order valence-electron chi connectivity index (χ2n) is 8.60. The van der Waals surface area contributed by atoms with Crippen molar-refractivity contribution in [3.63, 3.8) is 0 Å². The molecule has 2 aromatic carbocycles. The molecular formula is C27H23F3N4O. The monoisotopic (exact) mass is 476 g/mol. The molecule has 1 aliphatic heterocycles. The highest BCUT2D eigenvalue weighted by atomic mass is 19.4. The fourth-order valence-electron chi connectivity index (χ4n) is 4.36. The zero-order valence-electron chi connectivity index (χ0n) is 18.8. The number of amides is 1. The van der Waals surface area contributed by atoms with Crippen LogP contribution in [-0.2, 0) is 12.7 Å². The number of nitrogens with zero attached hydrogens (tertiary/aromatic N) is 3. The molecule has 0 atom stereocenters. The van der Waals surface area contributed by atoms with Gasteiger partial charge in [-0.2, -0.15) is 13.2 Å². The molecule has 5 rings (SSSR count). The van der Waals surface area contributed by atoms with E-state index >= 15 is 0 Å².